The minimum atomic E-state index is -1.02. The van der Waals surface area contributed by atoms with E-state index in [0.29, 0.717) is 0 Å². The number of oxazole rings is 1. The maximum atomic E-state index is 11.3. The predicted octanol–water partition coefficient (Wildman–Crippen LogP) is 0.527. The molecule has 0 radical (unpaired) electrons. The number of nitrogens with one attached hydrogen (secondary N) is 1. The Morgan fingerprint density at radius 3 is 2.76 bits per heavy atom. The van der Waals surface area contributed by atoms with Crippen molar-refractivity contribution in [3.8, 4) is 0 Å². The Bertz CT molecular complexity index is 425. The molecule has 7 nitrogen and oxygen atoms in total. The number of ether oxygens (including phenoxy) is 1. The fraction of sp³-hybridized carbons (Fsp3) is 0.500. The molecule has 0 saturated carbocycles. The van der Waals surface area contributed by atoms with E-state index < -0.39 is 17.4 Å². The van der Waals surface area contributed by atoms with Crippen LogP contribution in [-0.2, 0) is 9.53 Å². The van der Waals surface area contributed by atoms with E-state index in [1.54, 1.807) is 20.8 Å². The second-order valence-electron chi connectivity index (χ2n) is 3.87. The van der Waals surface area contributed by atoms with E-state index >= 15 is 0 Å². The molecule has 3 N–H and O–H groups in total. The topological polar surface area (TPSA) is 107 Å². The smallest absolute Gasteiger partial charge is 0.360 e. The normalized spacial score (nSPS) is 11.0. The van der Waals surface area contributed by atoms with E-state index in [4.69, 9.17) is 14.9 Å². The fourth-order valence-electron chi connectivity index (χ4n) is 0.959. The zero-order valence-electron chi connectivity index (χ0n) is 9.94. The van der Waals surface area contributed by atoms with E-state index in [-0.39, 0.29) is 18.3 Å². The van der Waals surface area contributed by atoms with Crippen LogP contribution in [-0.4, -0.2) is 29.0 Å². The SMILES string of the molecule is CCOC(=O)c1coc(NC(C)(C)C(N)=O)n1. The van der Waals surface area contributed by atoms with Gasteiger partial charge in [-0.15, -0.1) is 0 Å². The third-order valence-corrected chi connectivity index (χ3v) is 2.02. The molecule has 0 atom stereocenters. The van der Waals surface area contributed by atoms with Crippen molar-refractivity contribution in [2.24, 2.45) is 5.73 Å². The van der Waals surface area contributed by atoms with Gasteiger partial charge in [-0.05, 0) is 20.8 Å². The molecule has 0 aliphatic carbocycles. The van der Waals surface area contributed by atoms with Gasteiger partial charge in [-0.2, -0.15) is 4.98 Å². The van der Waals surface area contributed by atoms with E-state index in [0.717, 1.165) is 6.26 Å². The first kappa shape index (κ1) is 13.0. The van der Waals surface area contributed by atoms with Gasteiger partial charge in [0, 0.05) is 0 Å². The number of nitrogens with two attached hydrogens (primary N) is 1. The van der Waals surface area contributed by atoms with Gasteiger partial charge in [0.2, 0.25) is 5.91 Å². The standard InChI is InChI=1S/C10H15N3O4/c1-4-16-7(14)6-5-17-9(12-6)13-10(2,3)8(11)15/h5H,4H2,1-3H3,(H2,11,15)(H,12,13). The highest BCUT2D eigenvalue weighted by molar-refractivity contribution is 5.88. The zero-order valence-corrected chi connectivity index (χ0v) is 9.94. The molecule has 94 valence electrons. The number of hydrogen-bond acceptors (Lipinski definition) is 6. The van der Waals surface area contributed by atoms with Crippen molar-refractivity contribution in [1.82, 2.24) is 4.98 Å². The molecule has 7 heteroatoms. The first-order chi connectivity index (χ1) is 7.86. The summed E-state index contributed by atoms with van der Waals surface area (Å²) in [6.45, 7) is 5.09. The number of aromatic nitrogens is 1. The maximum Gasteiger partial charge on any atom is 0.360 e. The molecule has 0 aliphatic rings. The lowest BCUT2D eigenvalue weighted by atomic mass is 10.1. The monoisotopic (exact) mass is 241 g/mol. The van der Waals surface area contributed by atoms with Gasteiger partial charge in [0.05, 0.1) is 6.61 Å². The van der Waals surface area contributed by atoms with Gasteiger partial charge >= 0.3 is 5.97 Å². The highest BCUT2D eigenvalue weighted by Crippen LogP contribution is 2.14. The van der Waals surface area contributed by atoms with Crippen LogP contribution in [0.4, 0.5) is 6.01 Å². The predicted molar refractivity (Wildman–Crippen MR) is 59.4 cm³/mol. The summed E-state index contributed by atoms with van der Waals surface area (Å²) >= 11 is 0. The molecule has 1 aromatic rings. The molecule has 1 aromatic heterocycles. The largest absolute Gasteiger partial charge is 0.461 e. The van der Waals surface area contributed by atoms with Crippen LogP contribution in [0.2, 0.25) is 0 Å². The van der Waals surface area contributed by atoms with Crippen molar-refractivity contribution in [1.29, 1.82) is 0 Å². The minimum Gasteiger partial charge on any atom is -0.461 e. The van der Waals surface area contributed by atoms with E-state index in [2.05, 4.69) is 10.3 Å². The second-order valence-corrected chi connectivity index (χ2v) is 3.87. The lowest BCUT2D eigenvalue weighted by Crippen LogP contribution is -2.45. The zero-order chi connectivity index (χ0) is 13.1. The highest BCUT2D eigenvalue weighted by Gasteiger charge is 2.27. The lowest BCUT2D eigenvalue weighted by Gasteiger charge is -2.20. The lowest BCUT2D eigenvalue weighted by molar-refractivity contribution is -0.121. The van der Waals surface area contributed by atoms with Crippen LogP contribution < -0.4 is 11.1 Å². The van der Waals surface area contributed by atoms with E-state index in [9.17, 15) is 9.59 Å². The van der Waals surface area contributed by atoms with Gasteiger partial charge in [0.1, 0.15) is 11.8 Å². The average Bonchev–Trinajstić information content (AvgIpc) is 2.65. The van der Waals surface area contributed by atoms with E-state index in [1.807, 2.05) is 0 Å². The van der Waals surface area contributed by atoms with Gasteiger partial charge in [0.25, 0.3) is 6.01 Å². The molecule has 1 amide bonds. The highest BCUT2D eigenvalue weighted by atomic mass is 16.5. The number of amides is 1. The van der Waals surface area contributed by atoms with Crippen molar-refractivity contribution < 1.29 is 18.7 Å². The number of carbonyl (C=O) groups excluding carboxylic acids is 2. The van der Waals surface area contributed by atoms with Crippen molar-refractivity contribution in [3.05, 3.63) is 12.0 Å². The summed E-state index contributed by atoms with van der Waals surface area (Å²) < 4.78 is 9.73. The number of nitrogens with zero attached hydrogens (tertiary/aromatic N) is 1. The first-order valence-electron chi connectivity index (χ1n) is 5.07. The van der Waals surface area contributed by atoms with Crippen molar-refractivity contribution in [2.45, 2.75) is 26.3 Å². The maximum absolute atomic E-state index is 11.3. The van der Waals surface area contributed by atoms with Crippen LogP contribution in [0.25, 0.3) is 0 Å². The number of primary amides is 1. The summed E-state index contributed by atoms with van der Waals surface area (Å²) in [5.41, 5.74) is 4.19. The summed E-state index contributed by atoms with van der Waals surface area (Å²) in [5.74, 6) is -1.14. The van der Waals surface area contributed by atoms with Crippen LogP contribution >= 0.6 is 0 Å². The molecule has 1 heterocycles. The Morgan fingerprint density at radius 2 is 2.24 bits per heavy atom. The Morgan fingerprint density at radius 1 is 1.59 bits per heavy atom. The summed E-state index contributed by atoms with van der Waals surface area (Å²) in [5, 5.41) is 2.67. The number of anilines is 1. The van der Waals surface area contributed by atoms with Crippen molar-refractivity contribution >= 4 is 17.9 Å². The Hall–Kier alpha value is -2.05. The van der Waals surface area contributed by atoms with E-state index in [1.165, 1.54) is 0 Å². The van der Waals surface area contributed by atoms with Crippen LogP contribution in [0.1, 0.15) is 31.3 Å². The third kappa shape index (κ3) is 3.20. The van der Waals surface area contributed by atoms with Crippen molar-refractivity contribution in [3.63, 3.8) is 0 Å². The summed E-state index contributed by atoms with van der Waals surface area (Å²) in [6.07, 6.45) is 1.15. The van der Waals surface area contributed by atoms with Crippen molar-refractivity contribution in [2.75, 3.05) is 11.9 Å². The summed E-state index contributed by atoms with van der Waals surface area (Å²) in [6, 6.07) is 0.0388. The first-order valence-corrected chi connectivity index (χ1v) is 5.07. The molecular weight excluding hydrogens is 226 g/mol. The molecule has 17 heavy (non-hydrogen) atoms. The molecule has 0 unspecified atom stereocenters. The molecule has 0 spiro atoms. The minimum absolute atomic E-state index is 0.0367. The van der Waals surface area contributed by atoms with Gasteiger partial charge in [-0.25, -0.2) is 4.79 Å². The van der Waals surface area contributed by atoms with Crippen LogP contribution in [0, 0.1) is 0 Å². The number of rotatable bonds is 5. The molecule has 1 rings (SSSR count). The molecule has 0 fully saturated rings. The average molecular weight is 241 g/mol. The number of esters is 1. The fourth-order valence-corrected chi connectivity index (χ4v) is 0.959. The Labute approximate surface area is 98.3 Å². The number of carbonyl (C=O) groups is 2. The van der Waals surface area contributed by atoms with Crippen LogP contribution in [0.3, 0.4) is 0 Å². The second kappa shape index (κ2) is 4.86. The quantitative estimate of drug-likeness (QED) is 0.728. The molecule has 0 aliphatic heterocycles. The van der Waals surface area contributed by atoms with Gasteiger partial charge in [-0.3, -0.25) is 4.79 Å². The number of hydrogen-bond donors (Lipinski definition) is 2. The van der Waals surface area contributed by atoms with Crippen LogP contribution in [0.5, 0.6) is 0 Å². The molecule has 0 saturated heterocycles. The van der Waals surface area contributed by atoms with Gasteiger partial charge in [-0.1, -0.05) is 0 Å². The van der Waals surface area contributed by atoms with Gasteiger partial charge in [0.15, 0.2) is 5.69 Å². The summed E-state index contributed by atoms with van der Waals surface area (Å²) in [7, 11) is 0. The third-order valence-electron chi connectivity index (χ3n) is 2.02. The molecular formula is C10H15N3O4. The summed E-state index contributed by atoms with van der Waals surface area (Å²) in [4.78, 5) is 26.2. The Balaban J connectivity index is 2.75. The van der Waals surface area contributed by atoms with Crippen LogP contribution in [0.15, 0.2) is 10.7 Å². The molecule has 0 aromatic carbocycles. The molecule has 0 bridgehead atoms. The van der Waals surface area contributed by atoms with Gasteiger partial charge < -0.3 is 20.2 Å². The Kier molecular flexibility index (Phi) is 3.72.